The molecule has 24 heavy (non-hydrogen) atoms. The molecule has 1 aromatic heterocycles. The molecule has 0 radical (unpaired) electrons. The fourth-order valence-corrected chi connectivity index (χ4v) is 3.33. The van der Waals surface area contributed by atoms with Gasteiger partial charge >= 0.3 is 0 Å². The molecule has 2 aromatic rings. The van der Waals surface area contributed by atoms with Crippen LogP contribution in [0.5, 0.6) is 0 Å². The summed E-state index contributed by atoms with van der Waals surface area (Å²) in [6.07, 6.45) is 4.17. The first kappa shape index (κ1) is 14.6. The van der Waals surface area contributed by atoms with Gasteiger partial charge in [-0.25, -0.2) is 0 Å². The summed E-state index contributed by atoms with van der Waals surface area (Å²) in [6.45, 7) is -0.251. The van der Waals surface area contributed by atoms with E-state index in [1.807, 2.05) is 6.20 Å². The molecule has 1 aromatic carbocycles. The average Bonchev–Trinajstić information content (AvgIpc) is 3.14. The molecule has 7 heteroatoms. The Kier molecular flexibility index (Phi) is 3.41. The molecule has 2 aliphatic rings. The highest BCUT2D eigenvalue weighted by Crippen LogP contribution is 2.22. The number of rotatable bonds is 3. The number of aromatic amines is 1. The van der Waals surface area contributed by atoms with Gasteiger partial charge in [-0.05, 0) is 30.5 Å². The van der Waals surface area contributed by atoms with Crippen LogP contribution in [0.15, 0.2) is 30.5 Å². The molecule has 3 amide bonds. The number of carbonyl (C=O) groups is 3. The topological polar surface area (TPSA) is 95.2 Å². The summed E-state index contributed by atoms with van der Waals surface area (Å²) in [4.78, 5) is 37.8. The van der Waals surface area contributed by atoms with Crippen LogP contribution in [0, 0.1) is 0 Å². The lowest BCUT2D eigenvalue weighted by molar-refractivity contribution is -0.122. The Morgan fingerprint density at radius 1 is 1.25 bits per heavy atom. The van der Waals surface area contributed by atoms with Gasteiger partial charge in [0.05, 0.1) is 17.3 Å². The van der Waals surface area contributed by atoms with E-state index in [1.165, 1.54) is 5.56 Å². The maximum atomic E-state index is 12.3. The molecule has 1 unspecified atom stereocenters. The highest BCUT2D eigenvalue weighted by molar-refractivity contribution is 6.22. The number of hydrogen-bond acceptors (Lipinski definition) is 4. The largest absolute Gasteiger partial charge is 0.351 e. The number of carbonyl (C=O) groups excluding carboxylic acids is 3. The average molecular weight is 324 g/mol. The van der Waals surface area contributed by atoms with Gasteiger partial charge in [-0.1, -0.05) is 12.1 Å². The van der Waals surface area contributed by atoms with Crippen LogP contribution in [0.4, 0.5) is 0 Å². The second-order valence-electron chi connectivity index (χ2n) is 6.12. The number of amides is 3. The maximum absolute atomic E-state index is 12.3. The third-order valence-corrected chi connectivity index (χ3v) is 4.57. The summed E-state index contributed by atoms with van der Waals surface area (Å²) in [5.74, 6) is -1.15. The molecule has 7 nitrogen and oxygen atoms in total. The molecule has 1 aliphatic heterocycles. The van der Waals surface area contributed by atoms with Gasteiger partial charge < -0.3 is 5.32 Å². The van der Waals surface area contributed by atoms with Crippen molar-refractivity contribution in [1.82, 2.24) is 20.4 Å². The van der Waals surface area contributed by atoms with Crippen molar-refractivity contribution in [2.24, 2.45) is 0 Å². The van der Waals surface area contributed by atoms with Gasteiger partial charge in [0.2, 0.25) is 5.91 Å². The lowest BCUT2D eigenvalue weighted by Crippen LogP contribution is -2.45. The summed E-state index contributed by atoms with van der Waals surface area (Å²) < 4.78 is 0. The highest BCUT2D eigenvalue weighted by atomic mass is 16.2. The van der Waals surface area contributed by atoms with E-state index < -0.39 is 11.8 Å². The molecule has 0 fully saturated rings. The smallest absolute Gasteiger partial charge is 0.262 e. The zero-order valence-corrected chi connectivity index (χ0v) is 12.9. The molecule has 0 bridgehead atoms. The first-order chi connectivity index (χ1) is 11.6. The van der Waals surface area contributed by atoms with E-state index in [2.05, 4.69) is 15.5 Å². The number of benzene rings is 1. The summed E-state index contributed by atoms with van der Waals surface area (Å²) in [7, 11) is 0. The van der Waals surface area contributed by atoms with E-state index in [0.717, 1.165) is 23.4 Å². The molecule has 2 N–H and O–H groups in total. The van der Waals surface area contributed by atoms with Crippen molar-refractivity contribution in [3.63, 3.8) is 0 Å². The standard InChI is InChI=1S/C17H16N4O3/c22-15(19-11-6-5-10-8-18-20-14(10)7-11)9-21-16(23)12-3-1-2-4-13(12)17(21)24/h1-4,8,11H,5-7,9H2,(H,18,20)(H,19,22). The van der Waals surface area contributed by atoms with Crippen LogP contribution < -0.4 is 5.32 Å². The minimum Gasteiger partial charge on any atom is -0.351 e. The SMILES string of the molecule is O=C(CN1C(=O)c2ccccc2C1=O)NC1CCc2cn[nH]c2C1. The van der Waals surface area contributed by atoms with Crippen molar-refractivity contribution in [2.75, 3.05) is 6.54 Å². The van der Waals surface area contributed by atoms with Gasteiger partial charge in [0.1, 0.15) is 6.54 Å². The van der Waals surface area contributed by atoms with Crippen molar-refractivity contribution < 1.29 is 14.4 Å². The number of fused-ring (bicyclic) bond motifs is 2. The summed E-state index contributed by atoms with van der Waals surface area (Å²) in [5.41, 5.74) is 2.93. The van der Waals surface area contributed by atoms with Gasteiger partial charge in [0.25, 0.3) is 11.8 Å². The Hall–Kier alpha value is -2.96. The van der Waals surface area contributed by atoms with Crippen LogP contribution in [0.3, 0.4) is 0 Å². The van der Waals surface area contributed by atoms with Crippen molar-refractivity contribution in [1.29, 1.82) is 0 Å². The molecule has 122 valence electrons. The summed E-state index contributed by atoms with van der Waals surface area (Å²) >= 11 is 0. The predicted molar refractivity (Wildman–Crippen MR) is 84.4 cm³/mol. The Bertz CT molecular complexity index is 807. The number of hydrogen-bond donors (Lipinski definition) is 2. The van der Waals surface area contributed by atoms with Crippen molar-refractivity contribution in [3.05, 3.63) is 52.8 Å². The molecule has 1 atom stereocenters. The normalized spacial score (nSPS) is 19.2. The van der Waals surface area contributed by atoms with Crippen LogP contribution >= 0.6 is 0 Å². The highest BCUT2D eigenvalue weighted by Gasteiger charge is 2.36. The van der Waals surface area contributed by atoms with Gasteiger partial charge in [-0.15, -0.1) is 0 Å². The molecular weight excluding hydrogens is 308 g/mol. The minimum absolute atomic E-state index is 0.0133. The first-order valence-corrected chi connectivity index (χ1v) is 7.89. The molecule has 0 saturated heterocycles. The minimum atomic E-state index is -0.412. The summed E-state index contributed by atoms with van der Waals surface area (Å²) in [5, 5.41) is 9.86. The predicted octanol–water partition coefficient (Wildman–Crippen LogP) is 0.679. The third-order valence-electron chi connectivity index (χ3n) is 4.57. The number of aromatic nitrogens is 2. The number of aryl methyl sites for hydroxylation is 1. The van der Waals surface area contributed by atoms with Gasteiger partial charge in [0, 0.05) is 18.2 Å². The fraction of sp³-hybridized carbons (Fsp3) is 0.294. The van der Waals surface area contributed by atoms with E-state index in [9.17, 15) is 14.4 Å². The summed E-state index contributed by atoms with van der Waals surface area (Å²) in [6, 6.07) is 6.61. The van der Waals surface area contributed by atoms with Crippen molar-refractivity contribution >= 4 is 17.7 Å². The fourth-order valence-electron chi connectivity index (χ4n) is 3.33. The maximum Gasteiger partial charge on any atom is 0.262 e. The van der Waals surface area contributed by atoms with Gasteiger partial charge in [0.15, 0.2) is 0 Å². The number of nitrogens with one attached hydrogen (secondary N) is 2. The quantitative estimate of drug-likeness (QED) is 0.812. The van der Waals surface area contributed by atoms with Crippen molar-refractivity contribution in [3.8, 4) is 0 Å². The Morgan fingerprint density at radius 3 is 2.67 bits per heavy atom. The second-order valence-corrected chi connectivity index (χ2v) is 6.12. The van der Waals surface area contributed by atoms with Crippen LogP contribution in [-0.4, -0.2) is 45.4 Å². The molecular formula is C17H16N4O3. The van der Waals surface area contributed by atoms with Gasteiger partial charge in [-0.2, -0.15) is 5.10 Å². The monoisotopic (exact) mass is 324 g/mol. The number of H-pyrrole nitrogens is 1. The molecule has 0 spiro atoms. The van der Waals surface area contributed by atoms with Crippen LogP contribution in [-0.2, 0) is 17.6 Å². The van der Waals surface area contributed by atoms with Crippen molar-refractivity contribution in [2.45, 2.75) is 25.3 Å². The third kappa shape index (κ3) is 2.38. The molecule has 1 aliphatic carbocycles. The first-order valence-electron chi connectivity index (χ1n) is 7.89. The lowest BCUT2D eigenvalue weighted by atomic mass is 9.94. The van der Waals surface area contributed by atoms with E-state index in [4.69, 9.17) is 0 Å². The van der Waals surface area contributed by atoms with E-state index in [0.29, 0.717) is 17.5 Å². The van der Waals surface area contributed by atoms with Crippen LogP contribution in [0.1, 0.15) is 38.4 Å². The number of imide groups is 1. The zero-order valence-electron chi connectivity index (χ0n) is 12.9. The lowest BCUT2D eigenvalue weighted by Gasteiger charge is -2.23. The zero-order chi connectivity index (χ0) is 16.7. The van der Waals surface area contributed by atoms with Crippen LogP contribution in [0.2, 0.25) is 0 Å². The Balaban J connectivity index is 1.41. The second kappa shape index (κ2) is 5.59. The molecule has 2 heterocycles. The molecule has 4 rings (SSSR count). The Labute approximate surface area is 138 Å². The van der Waals surface area contributed by atoms with E-state index in [1.54, 1.807) is 24.3 Å². The van der Waals surface area contributed by atoms with Crippen LogP contribution in [0.25, 0.3) is 0 Å². The van der Waals surface area contributed by atoms with E-state index >= 15 is 0 Å². The van der Waals surface area contributed by atoms with Gasteiger partial charge in [-0.3, -0.25) is 24.4 Å². The van der Waals surface area contributed by atoms with E-state index in [-0.39, 0.29) is 18.5 Å². The molecule has 0 saturated carbocycles. The Morgan fingerprint density at radius 2 is 1.96 bits per heavy atom. The number of nitrogens with zero attached hydrogens (tertiary/aromatic N) is 2.